The number of piperidine rings is 1. The predicted octanol–water partition coefficient (Wildman–Crippen LogP) is -0.401. The highest BCUT2D eigenvalue weighted by molar-refractivity contribution is 6.01. The Morgan fingerprint density at radius 2 is 2.17 bits per heavy atom. The van der Waals surface area contributed by atoms with Crippen LogP contribution in [-0.4, -0.2) is 61.0 Å². The van der Waals surface area contributed by atoms with E-state index in [9.17, 15) is 9.59 Å². The molecule has 0 aromatic rings. The molecule has 2 aliphatic heterocycles. The molecule has 0 aromatic heterocycles. The van der Waals surface area contributed by atoms with Gasteiger partial charge in [0.05, 0.1) is 6.54 Å². The normalized spacial score (nSPS) is 25.6. The fourth-order valence-corrected chi connectivity index (χ4v) is 2.75. The minimum atomic E-state index is -0.254. The maximum absolute atomic E-state index is 11.4. The Hall–Kier alpha value is -1.14. The third-order valence-corrected chi connectivity index (χ3v) is 3.75. The maximum Gasteiger partial charge on any atom is 0.324 e. The Kier molecular flexibility index (Phi) is 4.54. The van der Waals surface area contributed by atoms with Crippen molar-refractivity contribution in [3.63, 3.8) is 0 Å². The lowest BCUT2D eigenvalue weighted by Gasteiger charge is -2.33. The highest BCUT2D eigenvalue weighted by atomic mass is 16.2. The van der Waals surface area contributed by atoms with Crippen LogP contribution in [0.1, 0.15) is 19.3 Å². The van der Waals surface area contributed by atoms with Crippen LogP contribution in [0.3, 0.4) is 0 Å². The predicted molar refractivity (Wildman–Crippen MR) is 67.9 cm³/mol. The molecule has 6 heteroatoms. The van der Waals surface area contributed by atoms with Crippen LogP contribution in [0.5, 0.6) is 0 Å². The van der Waals surface area contributed by atoms with Crippen LogP contribution in [0.15, 0.2) is 0 Å². The first kappa shape index (κ1) is 13.3. The molecule has 6 nitrogen and oxygen atoms in total. The van der Waals surface area contributed by atoms with Crippen molar-refractivity contribution >= 4 is 11.9 Å². The molecule has 18 heavy (non-hydrogen) atoms. The number of amides is 3. The first-order chi connectivity index (χ1) is 8.70. The number of hydrogen-bond acceptors (Lipinski definition) is 4. The van der Waals surface area contributed by atoms with Gasteiger partial charge >= 0.3 is 6.03 Å². The van der Waals surface area contributed by atoms with Crippen LogP contribution in [-0.2, 0) is 4.79 Å². The summed E-state index contributed by atoms with van der Waals surface area (Å²) in [4.78, 5) is 26.5. The van der Waals surface area contributed by atoms with E-state index in [0.29, 0.717) is 12.5 Å². The zero-order chi connectivity index (χ0) is 13.0. The van der Waals surface area contributed by atoms with E-state index in [1.807, 2.05) is 0 Å². The number of nitrogens with two attached hydrogens (primary N) is 1. The number of hydrogen-bond donors (Lipinski definition) is 2. The number of carbonyl (C=O) groups is 2. The molecule has 2 aliphatic rings. The summed E-state index contributed by atoms with van der Waals surface area (Å²) in [7, 11) is 0. The average Bonchev–Trinajstić information content (AvgIpc) is 2.68. The standard InChI is InChI=1S/C12H22N4O2/c13-4-3-10-2-1-5-15(9-10)6-7-16-11(17)8-14-12(16)18/h10H,1-9,13H2,(H,14,18). The van der Waals surface area contributed by atoms with E-state index >= 15 is 0 Å². The second kappa shape index (κ2) is 6.15. The van der Waals surface area contributed by atoms with Crippen molar-refractivity contribution in [3.05, 3.63) is 0 Å². The minimum Gasteiger partial charge on any atom is -0.330 e. The fraction of sp³-hybridized carbons (Fsp3) is 0.833. The molecular weight excluding hydrogens is 232 g/mol. The summed E-state index contributed by atoms with van der Waals surface area (Å²) >= 11 is 0. The van der Waals surface area contributed by atoms with Crippen LogP contribution in [0.4, 0.5) is 4.79 Å². The summed E-state index contributed by atoms with van der Waals surface area (Å²) in [6.45, 7) is 4.27. The van der Waals surface area contributed by atoms with Gasteiger partial charge in [-0.1, -0.05) is 0 Å². The van der Waals surface area contributed by atoms with E-state index in [4.69, 9.17) is 5.73 Å². The fourth-order valence-electron chi connectivity index (χ4n) is 2.75. The number of rotatable bonds is 5. The molecule has 102 valence electrons. The van der Waals surface area contributed by atoms with Crippen LogP contribution < -0.4 is 11.1 Å². The summed E-state index contributed by atoms with van der Waals surface area (Å²) in [5.74, 6) is 0.558. The van der Waals surface area contributed by atoms with Gasteiger partial charge < -0.3 is 16.0 Å². The van der Waals surface area contributed by atoms with Crippen molar-refractivity contribution in [2.24, 2.45) is 11.7 Å². The van der Waals surface area contributed by atoms with Gasteiger partial charge in [-0.25, -0.2) is 4.79 Å². The molecular formula is C12H22N4O2. The van der Waals surface area contributed by atoms with Gasteiger partial charge in [0, 0.05) is 19.6 Å². The molecule has 0 aliphatic carbocycles. The molecule has 0 spiro atoms. The second-order valence-electron chi connectivity index (χ2n) is 5.09. The molecule has 3 N–H and O–H groups in total. The number of urea groups is 1. The highest BCUT2D eigenvalue weighted by Gasteiger charge is 2.29. The van der Waals surface area contributed by atoms with Crippen molar-refractivity contribution in [2.75, 3.05) is 39.3 Å². The average molecular weight is 254 g/mol. The molecule has 1 atom stereocenters. The molecule has 2 rings (SSSR count). The summed E-state index contributed by atoms with van der Waals surface area (Å²) in [6.07, 6.45) is 3.50. The van der Waals surface area contributed by atoms with E-state index in [0.717, 1.165) is 32.6 Å². The van der Waals surface area contributed by atoms with Gasteiger partial charge in [-0.05, 0) is 38.3 Å². The molecule has 1 unspecified atom stereocenters. The molecule has 0 radical (unpaired) electrons. The number of imide groups is 1. The Bertz CT molecular complexity index is 303. The van der Waals surface area contributed by atoms with Crippen LogP contribution in [0.25, 0.3) is 0 Å². The number of likely N-dealkylation sites (tertiary alicyclic amines) is 1. The lowest BCUT2D eigenvalue weighted by molar-refractivity contribution is -0.125. The minimum absolute atomic E-state index is 0.115. The van der Waals surface area contributed by atoms with E-state index < -0.39 is 0 Å². The van der Waals surface area contributed by atoms with Gasteiger partial charge in [0.15, 0.2) is 0 Å². The second-order valence-corrected chi connectivity index (χ2v) is 5.09. The molecule has 0 saturated carbocycles. The quantitative estimate of drug-likeness (QED) is 0.654. The number of nitrogens with one attached hydrogen (secondary N) is 1. The molecule has 2 heterocycles. The Morgan fingerprint density at radius 3 is 2.83 bits per heavy atom. The lowest BCUT2D eigenvalue weighted by Crippen LogP contribution is -2.43. The van der Waals surface area contributed by atoms with E-state index in [1.165, 1.54) is 17.7 Å². The van der Waals surface area contributed by atoms with Gasteiger partial charge in [0.25, 0.3) is 0 Å². The van der Waals surface area contributed by atoms with Crippen molar-refractivity contribution in [3.8, 4) is 0 Å². The van der Waals surface area contributed by atoms with Crippen molar-refractivity contribution in [1.82, 2.24) is 15.1 Å². The summed E-state index contributed by atoms with van der Waals surface area (Å²) in [5.41, 5.74) is 5.59. The van der Waals surface area contributed by atoms with E-state index in [-0.39, 0.29) is 18.5 Å². The van der Waals surface area contributed by atoms with Crippen molar-refractivity contribution in [1.29, 1.82) is 0 Å². The Morgan fingerprint density at radius 1 is 1.33 bits per heavy atom. The van der Waals surface area contributed by atoms with Crippen molar-refractivity contribution < 1.29 is 9.59 Å². The Balaban J connectivity index is 1.76. The third-order valence-electron chi connectivity index (χ3n) is 3.75. The smallest absolute Gasteiger partial charge is 0.324 e. The summed E-state index contributed by atoms with van der Waals surface area (Å²) < 4.78 is 0. The van der Waals surface area contributed by atoms with Gasteiger partial charge in [-0.3, -0.25) is 9.69 Å². The SMILES string of the molecule is NCCC1CCCN(CCN2C(=O)CNC2=O)C1. The van der Waals surface area contributed by atoms with E-state index in [1.54, 1.807) is 0 Å². The summed E-state index contributed by atoms with van der Waals surface area (Å²) in [5, 5.41) is 2.54. The first-order valence-corrected chi connectivity index (χ1v) is 6.71. The number of nitrogens with zero attached hydrogens (tertiary/aromatic N) is 2. The zero-order valence-electron chi connectivity index (χ0n) is 10.7. The molecule has 2 saturated heterocycles. The van der Waals surface area contributed by atoms with Gasteiger partial charge in [0.1, 0.15) is 0 Å². The number of carbonyl (C=O) groups excluding carboxylic acids is 2. The van der Waals surface area contributed by atoms with E-state index in [2.05, 4.69) is 10.2 Å². The largest absolute Gasteiger partial charge is 0.330 e. The highest BCUT2D eigenvalue weighted by Crippen LogP contribution is 2.18. The zero-order valence-corrected chi connectivity index (χ0v) is 10.7. The molecule has 0 bridgehead atoms. The molecule has 0 aromatic carbocycles. The maximum atomic E-state index is 11.4. The van der Waals surface area contributed by atoms with Crippen molar-refractivity contribution in [2.45, 2.75) is 19.3 Å². The monoisotopic (exact) mass is 254 g/mol. The third kappa shape index (κ3) is 3.20. The van der Waals surface area contributed by atoms with Gasteiger partial charge in [-0.15, -0.1) is 0 Å². The lowest BCUT2D eigenvalue weighted by atomic mass is 9.95. The molecule has 2 fully saturated rings. The van der Waals surface area contributed by atoms with Crippen LogP contribution in [0, 0.1) is 5.92 Å². The van der Waals surface area contributed by atoms with Crippen LogP contribution in [0.2, 0.25) is 0 Å². The topological polar surface area (TPSA) is 78.7 Å². The first-order valence-electron chi connectivity index (χ1n) is 6.71. The van der Waals surface area contributed by atoms with Gasteiger partial charge in [-0.2, -0.15) is 0 Å². The van der Waals surface area contributed by atoms with Crippen LogP contribution >= 0.6 is 0 Å². The summed E-state index contributed by atoms with van der Waals surface area (Å²) in [6, 6.07) is -0.254. The molecule has 3 amide bonds. The Labute approximate surface area is 107 Å². The van der Waals surface area contributed by atoms with Gasteiger partial charge in [0.2, 0.25) is 5.91 Å².